The van der Waals surface area contributed by atoms with Crippen molar-refractivity contribution in [2.75, 3.05) is 18.0 Å². The zero-order chi connectivity index (χ0) is 19.8. The van der Waals surface area contributed by atoms with Crippen molar-refractivity contribution in [3.63, 3.8) is 0 Å². The molecule has 3 N–H and O–H groups in total. The number of carbonyl (C=O) groups excluding carboxylic acids is 2. The summed E-state index contributed by atoms with van der Waals surface area (Å²) < 4.78 is 5.71. The zero-order valence-corrected chi connectivity index (χ0v) is 16.9. The summed E-state index contributed by atoms with van der Waals surface area (Å²) in [6.07, 6.45) is 3.41. The monoisotopic (exact) mass is 435 g/mol. The SMILES string of the molecule is C[C@H](NC(=O)c1cnc(C#N)c(Br)c1N1CCC(C)(OC(N)=O)C1)C1CC1. The first-order valence-electron chi connectivity index (χ1n) is 8.87. The van der Waals surface area contributed by atoms with Crippen LogP contribution in [0.3, 0.4) is 0 Å². The summed E-state index contributed by atoms with van der Waals surface area (Å²) in [7, 11) is 0. The maximum atomic E-state index is 12.9. The van der Waals surface area contributed by atoms with Crippen LogP contribution < -0.4 is 16.0 Å². The summed E-state index contributed by atoms with van der Waals surface area (Å²) in [6.45, 7) is 4.71. The van der Waals surface area contributed by atoms with Gasteiger partial charge in [0.1, 0.15) is 11.7 Å². The zero-order valence-electron chi connectivity index (χ0n) is 15.3. The summed E-state index contributed by atoms with van der Waals surface area (Å²) in [5.41, 5.74) is 5.59. The van der Waals surface area contributed by atoms with Crippen LogP contribution >= 0.6 is 15.9 Å². The molecule has 2 atom stereocenters. The van der Waals surface area contributed by atoms with Crippen LogP contribution in [-0.2, 0) is 4.74 Å². The fraction of sp³-hybridized carbons (Fsp3) is 0.556. The molecule has 2 aliphatic rings. The van der Waals surface area contributed by atoms with Crippen LogP contribution in [0, 0.1) is 17.2 Å². The summed E-state index contributed by atoms with van der Waals surface area (Å²) in [4.78, 5) is 30.1. The number of aromatic nitrogens is 1. The Hall–Kier alpha value is -2.34. The molecule has 1 saturated heterocycles. The van der Waals surface area contributed by atoms with Crippen molar-refractivity contribution in [3.05, 3.63) is 21.9 Å². The van der Waals surface area contributed by atoms with Gasteiger partial charge in [-0.1, -0.05) is 0 Å². The van der Waals surface area contributed by atoms with Gasteiger partial charge in [-0.05, 0) is 48.5 Å². The van der Waals surface area contributed by atoms with E-state index in [4.69, 9.17) is 10.5 Å². The minimum atomic E-state index is -0.831. The molecule has 27 heavy (non-hydrogen) atoms. The standard InChI is InChI=1S/C18H22BrN5O3/c1-10(11-3-4-11)23-16(25)12-8-22-13(7-20)14(19)15(12)24-6-5-18(2,9-24)27-17(21)26/h8,10-11H,3-6,9H2,1-2H3,(H2,21,26)(H,23,25)/t10-,18?/m0/s1. The normalized spacial score (nSPS) is 22.8. The lowest BCUT2D eigenvalue weighted by Gasteiger charge is -2.27. The highest BCUT2D eigenvalue weighted by Gasteiger charge is 2.39. The third-order valence-electron chi connectivity index (χ3n) is 5.13. The van der Waals surface area contributed by atoms with Crippen LogP contribution in [0.15, 0.2) is 10.7 Å². The van der Waals surface area contributed by atoms with Crippen molar-refractivity contribution in [2.45, 2.75) is 44.8 Å². The number of halogens is 1. The van der Waals surface area contributed by atoms with Gasteiger partial charge in [0.15, 0.2) is 5.69 Å². The Kier molecular flexibility index (Phi) is 5.29. The fourth-order valence-corrected chi connectivity index (χ4v) is 4.13. The number of ether oxygens (including phenoxy) is 1. The maximum Gasteiger partial charge on any atom is 0.405 e. The molecule has 144 valence electrons. The molecule has 8 nitrogen and oxygen atoms in total. The third-order valence-corrected chi connectivity index (χ3v) is 5.88. The molecule has 0 bridgehead atoms. The molecule has 2 fully saturated rings. The molecule has 0 spiro atoms. The minimum Gasteiger partial charge on any atom is -0.441 e. The predicted molar refractivity (Wildman–Crippen MR) is 102 cm³/mol. The van der Waals surface area contributed by atoms with Gasteiger partial charge in [-0.15, -0.1) is 0 Å². The molecule has 0 aromatic carbocycles. The van der Waals surface area contributed by atoms with Gasteiger partial charge >= 0.3 is 6.09 Å². The van der Waals surface area contributed by atoms with E-state index in [1.54, 1.807) is 6.92 Å². The van der Waals surface area contributed by atoms with Gasteiger partial charge in [-0.3, -0.25) is 4.79 Å². The maximum absolute atomic E-state index is 12.9. The Morgan fingerprint density at radius 3 is 2.85 bits per heavy atom. The van der Waals surface area contributed by atoms with Crippen molar-refractivity contribution in [1.29, 1.82) is 5.26 Å². The number of carbonyl (C=O) groups is 2. The summed E-state index contributed by atoms with van der Waals surface area (Å²) in [5, 5.41) is 12.3. The molecule has 3 rings (SSSR count). The van der Waals surface area contributed by atoms with Crippen molar-refractivity contribution < 1.29 is 14.3 Å². The average molecular weight is 436 g/mol. The molecule has 9 heteroatoms. The molecule has 1 aliphatic heterocycles. The van der Waals surface area contributed by atoms with Gasteiger partial charge in [0.2, 0.25) is 0 Å². The number of pyridine rings is 1. The fourth-order valence-electron chi connectivity index (χ4n) is 3.48. The highest BCUT2D eigenvalue weighted by Crippen LogP contribution is 2.38. The second-order valence-electron chi connectivity index (χ2n) is 7.44. The second-order valence-corrected chi connectivity index (χ2v) is 8.23. The first-order chi connectivity index (χ1) is 12.7. The van der Waals surface area contributed by atoms with Crippen molar-refractivity contribution in [3.8, 4) is 6.07 Å². The molecule has 1 unspecified atom stereocenters. The van der Waals surface area contributed by atoms with Gasteiger partial charge in [0.25, 0.3) is 5.91 Å². The van der Waals surface area contributed by atoms with Gasteiger partial charge in [-0.2, -0.15) is 5.26 Å². The lowest BCUT2D eigenvalue weighted by atomic mass is 10.1. The molecular weight excluding hydrogens is 414 g/mol. The molecular formula is C18H22BrN5O3. The van der Waals surface area contributed by atoms with E-state index in [1.165, 1.54) is 6.20 Å². The molecule has 1 aliphatic carbocycles. The molecule has 1 aromatic heterocycles. The van der Waals surface area contributed by atoms with Gasteiger partial charge in [0.05, 0.1) is 22.3 Å². The van der Waals surface area contributed by atoms with Crippen LogP contribution in [0.2, 0.25) is 0 Å². The first kappa shape index (κ1) is 19.4. The van der Waals surface area contributed by atoms with E-state index in [-0.39, 0.29) is 17.6 Å². The molecule has 1 aromatic rings. The summed E-state index contributed by atoms with van der Waals surface area (Å²) >= 11 is 3.43. The number of anilines is 1. The smallest absolute Gasteiger partial charge is 0.405 e. The Balaban J connectivity index is 1.91. The lowest BCUT2D eigenvalue weighted by molar-refractivity contribution is 0.0480. The lowest BCUT2D eigenvalue weighted by Crippen LogP contribution is -2.38. The quantitative estimate of drug-likeness (QED) is 0.731. The van der Waals surface area contributed by atoms with Gasteiger partial charge < -0.3 is 20.7 Å². The van der Waals surface area contributed by atoms with E-state index < -0.39 is 11.7 Å². The van der Waals surface area contributed by atoms with Crippen molar-refractivity contribution >= 4 is 33.6 Å². The number of nitrogens with two attached hydrogens (primary N) is 1. The number of hydrogen-bond acceptors (Lipinski definition) is 6. The van der Waals surface area contributed by atoms with Crippen LogP contribution in [-0.4, -0.2) is 41.7 Å². The minimum absolute atomic E-state index is 0.0850. The van der Waals surface area contributed by atoms with Crippen molar-refractivity contribution in [2.24, 2.45) is 11.7 Å². The van der Waals surface area contributed by atoms with Gasteiger partial charge in [-0.25, -0.2) is 9.78 Å². The van der Waals surface area contributed by atoms with Crippen LogP contribution in [0.5, 0.6) is 0 Å². The second kappa shape index (κ2) is 7.35. The number of nitrogens with zero attached hydrogens (tertiary/aromatic N) is 3. The highest BCUT2D eigenvalue weighted by molar-refractivity contribution is 9.10. The van der Waals surface area contributed by atoms with E-state index in [2.05, 4.69) is 26.2 Å². The molecule has 2 amide bonds. The summed E-state index contributed by atoms with van der Waals surface area (Å²) in [5.74, 6) is 0.290. The number of hydrogen-bond donors (Lipinski definition) is 2. The topological polar surface area (TPSA) is 121 Å². The van der Waals surface area contributed by atoms with E-state index >= 15 is 0 Å². The average Bonchev–Trinajstić information content (AvgIpc) is 3.37. The van der Waals surface area contributed by atoms with Crippen molar-refractivity contribution in [1.82, 2.24) is 10.3 Å². The molecule has 0 radical (unpaired) electrons. The predicted octanol–water partition coefficient (Wildman–Crippen LogP) is 2.31. The highest BCUT2D eigenvalue weighted by atomic mass is 79.9. The van der Waals surface area contributed by atoms with E-state index in [9.17, 15) is 14.9 Å². The van der Waals surface area contributed by atoms with E-state index in [1.807, 2.05) is 17.9 Å². The van der Waals surface area contributed by atoms with E-state index in [0.717, 1.165) is 12.8 Å². The van der Waals surface area contributed by atoms with Gasteiger partial charge in [0, 0.05) is 25.2 Å². The number of primary amides is 1. The van der Waals surface area contributed by atoms with Crippen LogP contribution in [0.25, 0.3) is 0 Å². The number of rotatable bonds is 5. The molecule has 1 saturated carbocycles. The summed E-state index contributed by atoms with van der Waals surface area (Å²) in [6, 6.07) is 2.11. The largest absolute Gasteiger partial charge is 0.441 e. The van der Waals surface area contributed by atoms with Crippen LogP contribution in [0.4, 0.5) is 10.5 Å². The van der Waals surface area contributed by atoms with Crippen LogP contribution in [0.1, 0.15) is 49.2 Å². The Bertz CT molecular complexity index is 820. The first-order valence-corrected chi connectivity index (χ1v) is 9.66. The Morgan fingerprint density at radius 2 is 2.26 bits per heavy atom. The Morgan fingerprint density at radius 1 is 1.56 bits per heavy atom. The number of nitrogens with one attached hydrogen (secondary N) is 1. The molecule has 2 heterocycles. The Labute approximate surface area is 166 Å². The van der Waals surface area contributed by atoms with E-state index in [0.29, 0.717) is 41.2 Å². The number of nitriles is 1. The third kappa shape index (κ3) is 4.16. The number of amides is 2.